The molecule has 0 unspecified atom stereocenters. The van der Waals surface area contributed by atoms with Crippen LogP contribution in [0.25, 0.3) is 5.76 Å². The van der Waals surface area contributed by atoms with Gasteiger partial charge in [0.15, 0.2) is 0 Å². The van der Waals surface area contributed by atoms with Gasteiger partial charge < -0.3 is 10.0 Å². The van der Waals surface area contributed by atoms with Crippen LogP contribution in [0.15, 0.2) is 54.1 Å². The van der Waals surface area contributed by atoms with E-state index in [1.807, 2.05) is 19.1 Å². The Bertz CT molecular complexity index is 933. The first-order valence-corrected chi connectivity index (χ1v) is 10.0. The van der Waals surface area contributed by atoms with Crippen molar-refractivity contribution in [3.05, 3.63) is 76.6 Å². The number of hydrogen-bond donors (Lipinski definition) is 1. The van der Waals surface area contributed by atoms with Crippen LogP contribution in [0.1, 0.15) is 55.3 Å². The summed E-state index contributed by atoms with van der Waals surface area (Å²) in [6.07, 6.45) is 3.78. The van der Waals surface area contributed by atoms with Crippen LogP contribution in [0.4, 0.5) is 4.39 Å². The fraction of sp³-hybridized carbons (Fsp3) is 0.333. The first kappa shape index (κ1) is 20.8. The lowest BCUT2D eigenvalue weighted by molar-refractivity contribution is -0.139. The average molecular weight is 395 g/mol. The molecule has 1 atom stereocenters. The van der Waals surface area contributed by atoms with Crippen molar-refractivity contribution in [3.63, 3.8) is 0 Å². The van der Waals surface area contributed by atoms with Crippen LogP contribution in [0.3, 0.4) is 0 Å². The topological polar surface area (TPSA) is 57.6 Å². The summed E-state index contributed by atoms with van der Waals surface area (Å²) in [5.41, 5.74) is 1.97. The third kappa shape index (κ3) is 4.39. The van der Waals surface area contributed by atoms with Crippen LogP contribution >= 0.6 is 0 Å². The van der Waals surface area contributed by atoms with E-state index in [9.17, 15) is 19.1 Å². The zero-order valence-electron chi connectivity index (χ0n) is 16.8. The highest BCUT2D eigenvalue weighted by Gasteiger charge is 2.45. The molecule has 29 heavy (non-hydrogen) atoms. The largest absolute Gasteiger partial charge is 0.507 e. The number of nitrogens with zero attached hydrogens (tertiary/aromatic N) is 1. The second kappa shape index (κ2) is 9.03. The summed E-state index contributed by atoms with van der Waals surface area (Å²) in [7, 11) is 0. The fourth-order valence-corrected chi connectivity index (χ4v) is 3.71. The quantitative estimate of drug-likeness (QED) is 0.306. The number of likely N-dealkylation sites (tertiary alicyclic amines) is 1. The molecule has 1 N–H and O–H groups in total. The summed E-state index contributed by atoms with van der Waals surface area (Å²) in [4.78, 5) is 27.1. The Kier molecular flexibility index (Phi) is 6.47. The van der Waals surface area contributed by atoms with Crippen molar-refractivity contribution in [3.8, 4) is 0 Å². The molecule has 3 rings (SSSR count). The normalized spacial score (nSPS) is 18.4. The van der Waals surface area contributed by atoms with Crippen LogP contribution in [0, 0.1) is 12.7 Å². The smallest absolute Gasteiger partial charge is 0.295 e. The van der Waals surface area contributed by atoms with Gasteiger partial charge in [0.05, 0.1) is 11.6 Å². The number of hydrogen-bond acceptors (Lipinski definition) is 3. The maximum atomic E-state index is 13.9. The third-order valence-corrected chi connectivity index (χ3v) is 5.28. The Hall–Kier alpha value is -2.95. The number of aryl methyl sites for hydroxylation is 1. The van der Waals surface area contributed by atoms with Crippen molar-refractivity contribution >= 4 is 17.4 Å². The van der Waals surface area contributed by atoms with Gasteiger partial charge >= 0.3 is 0 Å². The van der Waals surface area contributed by atoms with Gasteiger partial charge in [0.2, 0.25) is 0 Å². The first-order chi connectivity index (χ1) is 13.9. The minimum absolute atomic E-state index is 0.0138. The maximum absolute atomic E-state index is 13.9. The molecule has 152 valence electrons. The monoisotopic (exact) mass is 395 g/mol. The summed E-state index contributed by atoms with van der Waals surface area (Å²) in [6.45, 7) is 4.41. The van der Waals surface area contributed by atoms with Gasteiger partial charge in [0.1, 0.15) is 11.6 Å². The Morgan fingerprint density at radius 1 is 1.07 bits per heavy atom. The zero-order valence-corrected chi connectivity index (χ0v) is 16.8. The molecule has 1 saturated heterocycles. The molecule has 0 radical (unpaired) electrons. The number of unbranched alkanes of at least 4 members (excludes halogenated alkanes) is 3. The SMILES string of the molecule is CCCCCCN1C(=O)C(=O)C(=C(O)c2ccc(C)cc2)[C@H]1c1cccc(F)c1. The first-order valence-electron chi connectivity index (χ1n) is 10.0. The van der Waals surface area contributed by atoms with Gasteiger partial charge in [-0.2, -0.15) is 0 Å². The second-order valence-electron chi connectivity index (χ2n) is 7.47. The number of Topliss-reactive ketones (excluding diaryl/α,β-unsaturated/α-hetero) is 1. The Morgan fingerprint density at radius 2 is 1.79 bits per heavy atom. The molecule has 1 aliphatic heterocycles. The number of halogens is 1. The number of benzene rings is 2. The Morgan fingerprint density at radius 3 is 2.45 bits per heavy atom. The predicted molar refractivity (Wildman–Crippen MR) is 111 cm³/mol. The minimum Gasteiger partial charge on any atom is -0.507 e. The Balaban J connectivity index is 2.07. The van der Waals surface area contributed by atoms with Crippen LogP contribution < -0.4 is 0 Å². The molecule has 0 saturated carbocycles. The summed E-state index contributed by atoms with van der Waals surface area (Å²) in [6, 6.07) is 12.1. The number of rotatable bonds is 7. The van der Waals surface area contributed by atoms with Crippen LogP contribution in [0.5, 0.6) is 0 Å². The van der Waals surface area contributed by atoms with Gasteiger partial charge in [0, 0.05) is 12.1 Å². The molecule has 0 spiro atoms. The van der Waals surface area contributed by atoms with E-state index in [2.05, 4.69) is 6.92 Å². The molecule has 1 amide bonds. The minimum atomic E-state index is -0.798. The highest BCUT2D eigenvalue weighted by Crippen LogP contribution is 2.39. The maximum Gasteiger partial charge on any atom is 0.295 e. The number of amides is 1. The van der Waals surface area contributed by atoms with E-state index in [4.69, 9.17) is 0 Å². The summed E-state index contributed by atoms with van der Waals surface area (Å²) in [5.74, 6) is -2.06. The molecule has 0 aromatic heterocycles. The van der Waals surface area contributed by atoms with Gasteiger partial charge in [-0.3, -0.25) is 9.59 Å². The van der Waals surface area contributed by atoms with E-state index >= 15 is 0 Å². The zero-order chi connectivity index (χ0) is 21.0. The average Bonchev–Trinajstić information content (AvgIpc) is 2.96. The molecule has 0 bridgehead atoms. The molecule has 1 aliphatic rings. The van der Waals surface area contributed by atoms with Crippen molar-refractivity contribution in [2.24, 2.45) is 0 Å². The molecule has 4 nitrogen and oxygen atoms in total. The van der Waals surface area contributed by atoms with Gasteiger partial charge in [-0.25, -0.2) is 4.39 Å². The van der Waals surface area contributed by atoms with Gasteiger partial charge in [0.25, 0.3) is 11.7 Å². The lowest BCUT2D eigenvalue weighted by atomic mass is 9.95. The number of carbonyl (C=O) groups is 2. The molecule has 0 aliphatic carbocycles. The van der Waals surface area contributed by atoms with Crippen LogP contribution in [0.2, 0.25) is 0 Å². The van der Waals surface area contributed by atoms with Crippen LogP contribution in [-0.2, 0) is 9.59 Å². The molecular weight excluding hydrogens is 369 g/mol. The van der Waals surface area contributed by atoms with E-state index in [1.54, 1.807) is 24.3 Å². The molecule has 1 fully saturated rings. The van der Waals surface area contributed by atoms with E-state index in [1.165, 1.54) is 17.0 Å². The second-order valence-corrected chi connectivity index (χ2v) is 7.47. The molecule has 2 aromatic rings. The molecule has 5 heteroatoms. The highest BCUT2D eigenvalue weighted by molar-refractivity contribution is 6.46. The summed E-state index contributed by atoms with van der Waals surface area (Å²) >= 11 is 0. The fourth-order valence-electron chi connectivity index (χ4n) is 3.71. The molecule has 2 aromatic carbocycles. The molecule has 1 heterocycles. The number of aliphatic hydroxyl groups excluding tert-OH is 1. The van der Waals surface area contributed by atoms with E-state index < -0.39 is 23.5 Å². The van der Waals surface area contributed by atoms with Gasteiger partial charge in [-0.1, -0.05) is 68.1 Å². The van der Waals surface area contributed by atoms with Crippen molar-refractivity contribution in [1.29, 1.82) is 0 Å². The number of aliphatic hydroxyl groups is 1. The van der Waals surface area contributed by atoms with Crippen molar-refractivity contribution in [1.82, 2.24) is 4.90 Å². The van der Waals surface area contributed by atoms with Crippen LogP contribution in [-0.4, -0.2) is 28.2 Å². The van der Waals surface area contributed by atoms with E-state index in [0.717, 1.165) is 31.2 Å². The summed E-state index contributed by atoms with van der Waals surface area (Å²) < 4.78 is 13.9. The van der Waals surface area contributed by atoms with Gasteiger partial charge in [-0.15, -0.1) is 0 Å². The molecular formula is C24H26FNO3. The lowest BCUT2D eigenvalue weighted by Crippen LogP contribution is -2.30. The predicted octanol–water partition coefficient (Wildman–Crippen LogP) is 5.14. The summed E-state index contributed by atoms with van der Waals surface area (Å²) in [5, 5.41) is 10.9. The highest BCUT2D eigenvalue weighted by atomic mass is 19.1. The van der Waals surface area contributed by atoms with E-state index in [-0.39, 0.29) is 11.3 Å². The van der Waals surface area contributed by atoms with Gasteiger partial charge in [-0.05, 0) is 31.0 Å². The van der Waals surface area contributed by atoms with E-state index in [0.29, 0.717) is 17.7 Å². The third-order valence-electron chi connectivity index (χ3n) is 5.28. The standard InChI is InChI=1S/C24H26FNO3/c1-3-4-5-6-14-26-21(18-8-7-9-19(25)15-18)20(23(28)24(26)29)22(27)17-12-10-16(2)11-13-17/h7-13,15,21,27H,3-6,14H2,1-2H3/t21-/m1/s1. The van der Waals surface area contributed by atoms with Crippen molar-refractivity contribution < 1.29 is 19.1 Å². The number of carbonyl (C=O) groups excluding carboxylic acids is 2. The lowest BCUT2D eigenvalue weighted by Gasteiger charge is -2.25. The number of ketones is 1. The van der Waals surface area contributed by atoms with Crippen molar-refractivity contribution in [2.45, 2.75) is 45.6 Å². The van der Waals surface area contributed by atoms with Crippen molar-refractivity contribution in [2.75, 3.05) is 6.54 Å². The Labute approximate surface area is 170 Å².